The molecule has 0 aliphatic heterocycles. The van der Waals surface area contributed by atoms with Crippen LogP contribution in [0, 0.1) is 11.7 Å². The van der Waals surface area contributed by atoms with Gasteiger partial charge in [0, 0.05) is 6.54 Å². The molecule has 112 valence electrons. The van der Waals surface area contributed by atoms with Crippen molar-refractivity contribution in [2.24, 2.45) is 5.92 Å². The maximum atomic E-state index is 12.9. The summed E-state index contributed by atoms with van der Waals surface area (Å²) in [5.41, 5.74) is 0. The van der Waals surface area contributed by atoms with Crippen molar-refractivity contribution in [2.45, 2.75) is 36.7 Å². The van der Waals surface area contributed by atoms with Crippen molar-refractivity contribution >= 4 is 21.6 Å². The largest absolute Gasteiger partial charge is 0.391 e. The maximum absolute atomic E-state index is 12.9. The molecule has 0 bridgehead atoms. The zero-order valence-corrected chi connectivity index (χ0v) is 12.4. The summed E-state index contributed by atoms with van der Waals surface area (Å²) < 4.78 is 39.4. The Morgan fingerprint density at radius 3 is 2.65 bits per heavy atom. The van der Waals surface area contributed by atoms with Crippen molar-refractivity contribution in [3.63, 3.8) is 0 Å². The predicted octanol–water partition coefficient (Wildman–Crippen LogP) is 2.31. The number of sulfonamides is 1. The SMILES string of the molecule is O=S(=O)(NCC(O)C1CCCC1)c1ccc(F)cc1Cl. The van der Waals surface area contributed by atoms with Crippen LogP contribution in [0.4, 0.5) is 4.39 Å². The smallest absolute Gasteiger partial charge is 0.242 e. The van der Waals surface area contributed by atoms with E-state index in [2.05, 4.69) is 4.72 Å². The zero-order chi connectivity index (χ0) is 14.8. The van der Waals surface area contributed by atoms with Gasteiger partial charge in [0.15, 0.2) is 0 Å². The standard InChI is InChI=1S/C13H17ClFNO3S/c14-11-7-10(15)5-6-13(11)20(18,19)16-8-12(17)9-3-1-2-4-9/h5-7,9,12,16-17H,1-4,8H2. The molecule has 1 aromatic rings. The van der Waals surface area contributed by atoms with Crippen LogP contribution in [0.25, 0.3) is 0 Å². The Balaban J connectivity index is 2.03. The lowest BCUT2D eigenvalue weighted by Gasteiger charge is -2.18. The average molecular weight is 322 g/mol. The van der Waals surface area contributed by atoms with Gasteiger partial charge in [-0.3, -0.25) is 0 Å². The third kappa shape index (κ3) is 3.69. The third-order valence-corrected chi connectivity index (χ3v) is 5.52. The highest BCUT2D eigenvalue weighted by atomic mass is 35.5. The quantitative estimate of drug-likeness (QED) is 0.874. The zero-order valence-electron chi connectivity index (χ0n) is 10.9. The number of hydrogen-bond acceptors (Lipinski definition) is 3. The summed E-state index contributed by atoms with van der Waals surface area (Å²) in [5.74, 6) is -0.457. The van der Waals surface area contributed by atoms with Gasteiger partial charge in [0.1, 0.15) is 10.7 Å². The van der Waals surface area contributed by atoms with Crippen molar-refractivity contribution < 1.29 is 17.9 Å². The summed E-state index contributed by atoms with van der Waals surface area (Å²) in [6, 6.07) is 3.10. The van der Waals surface area contributed by atoms with Gasteiger partial charge in [-0.1, -0.05) is 24.4 Å². The molecule has 0 amide bonds. The van der Waals surface area contributed by atoms with Gasteiger partial charge in [-0.15, -0.1) is 0 Å². The lowest BCUT2D eigenvalue weighted by Crippen LogP contribution is -2.35. The van der Waals surface area contributed by atoms with Crippen LogP contribution in [-0.2, 0) is 10.0 Å². The summed E-state index contributed by atoms with van der Waals surface area (Å²) in [6.45, 7) is -0.0549. The summed E-state index contributed by atoms with van der Waals surface area (Å²) in [4.78, 5) is -0.181. The molecule has 0 heterocycles. The molecular weight excluding hydrogens is 305 g/mol. The van der Waals surface area contributed by atoms with E-state index in [1.165, 1.54) is 0 Å². The van der Waals surface area contributed by atoms with Gasteiger partial charge < -0.3 is 5.11 Å². The second kappa shape index (κ2) is 6.39. The molecule has 0 spiro atoms. The van der Waals surface area contributed by atoms with E-state index in [1.54, 1.807) is 0 Å². The molecule has 20 heavy (non-hydrogen) atoms. The normalized spacial score (nSPS) is 18.4. The Labute approximate surface area is 123 Å². The molecule has 1 atom stereocenters. The number of hydrogen-bond donors (Lipinski definition) is 2. The third-order valence-electron chi connectivity index (χ3n) is 3.61. The number of benzene rings is 1. The van der Waals surface area contributed by atoms with Gasteiger partial charge in [-0.05, 0) is 37.0 Å². The molecule has 1 unspecified atom stereocenters. The molecule has 2 rings (SSSR count). The van der Waals surface area contributed by atoms with Crippen LogP contribution in [0.3, 0.4) is 0 Å². The molecule has 1 aliphatic rings. The lowest BCUT2D eigenvalue weighted by atomic mass is 10.0. The van der Waals surface area contributed by atoms with Gasteiger partial charge in [-0.2, -0.15) is 0 Å². The topological polar surface area (TPSA) is 66.4 Å². The van der Waals surface area contributed by atoms with Crippen molar-refractivity contribution in [2.75, 3.05) is 6.54 Å². The Hall–Kier alpha value is -0.690. The lowest BCUT2D eigenvalue weighted by molar-refractivity contribution is 0.115. The highest BCUT2D eigenvalue weighted by molar-refractivity contribution is 7.89. The second-order valence-electron chi connectivity index (χ2n) is 5.04. The Kier molecular flexibility index (Phi) is 5.01. The molecule has 4 nitrogen and oxygen atoms in total. The summed E-state index contributed by atoms with van der Waals surface area (Å²) in [7, 11) is -3.84. The van der Waals surface area contributed by atoms with E-state index in [0.29, 0.717) is 0 Å². The van der Waals surface area contributed by atoms with Gasteiger partial charge in [0.05, 0.1) is 11.1 Å². The molecule has 1 saturated carbocycles. The minimum atomic E-state index is -3.84. The maximum Gasteiger partial charge on any atom is 0.242 e. The van der Waals surface area contributed by atoms with Crippen molar-refractivity contribution in [1.82, 2.24) is 4.72 Å². The summed E-state index contributed by atoms with van der Waals surface area (Å²) in [5, 5.41) is 9.78. The summed E-state index contributed by atoms with van der Waals surface area (Å²) in [6.07, 6.45) is 3.27. The molecular formula is C13H17ClFNO3S. The van der Waals surface area contributed by atoms with Crippen LogP contribution in [0.1, 0.15) is 25.7 Å². The number of aliphatic hydroxyl groups excluding tert-OH is 1. The molecule has 0 aromatic heterocycles. The highest BCUT2D eigenvalue weighted by Crippen LogP contribution is 2.28. The number of halogens is 2. The van der Waals surface area contributed by atoms with E-state index < -0.39 is 21.9 Å². The predicted molar refractivity (Wildman–Crippen MR) is 74.6 cm³/mol. The van der Waals surface area contributed by atoms with E-state index in [1.807, 2.05) is 0 Å². The molecule has 0 saturated heterocycles. The van der Waals surface area contributed by atoms with Crippen LogP contribution in [0.15, 0.2) is 23.1 Å². The number of rotatable bonds is 5. The Bertz CT molecular complexity index is 573. The first-order valence-corrected chi connectivity index (χ1v) is 8.39. The average Bonchev–Trinajstić information content (AvgIpc) is 2.89. The first-order valence-electron chi connectivity index (χ1n) is 6.53. The fraction of sp³-hybridized carbons (Fsp3) is 0.538. The van der Waals surface area contributed by atoms with Gasteiger partial charge in [0.2, 0.25) is 10.0 Å². The van der Waals surface area contributed by atoms with E-state index in [4.69, 9.17) is 11.6 Å². The summed E-state index contributed by atoms with van der Waals surface area (Å²) >= 11 is 5.73. The number of nitrogens with one attached hydrogen (secondary N) is 1. The fourth-order valence-corrected chi connectivity index (χ4v) is 4.06. The van der Waals surface area contributed by atoms with E-state index in [0.717, 1.165) is 43.9 Å². The van der Waals surface area contributed by atoms with Crippen molar-refractivity contribution in [3.8, 4) is 0 Å². The minimum Gasteiger partial charge on any atom is -0.391 e. The minimum absolute atomic E-state index is 0.0549. The van der Waals surface area contributed by atoms with Gasteiger partial charge in [0.25, 0.3) is 0 Å². The van der Waals surface area contributed by atoms with Crippen LogP contribution >= 0.6 is 11.6 Å². The molecule has 2 N–H and O–H groups in total. The molecule has 7 heteroatoms. The number of aliphatic hydroxyl groups is 1. The van der Waals surface area contributed by atoms with E-state index >= 15 is 0 Å². The first kappa shape index (κ1) is 15.7. The van der Waals surface area contributed by atoms with E-state index in [-0.39, 0.29) is 22.4 Å². The van der Waals surface area contributed by atoms with Crippen LogP contribution in [0.2, 0.25) is 5.02 Å². The first-order chi connectivity index (χ1) is 9.40. The molecule has 1 fully saturated rings. The Morgan fingerprint density at radius 1 is 1.40 bits per heavy atom. The molecule has 1 aliphatic carbocycles. The monoisotopic (exact) mass is 321 g/mol. The van der Waals surface area contributed by atoms with Gasteiger partial charge in [-0.25, -0.2) is 17.5 Å². The fourth-order valence-electron chi connectivity index (χ4n) is 2.47. The van der Waals surface area contributed by atoms with Crippen molar-refractivity contribution in [3.05, 3.63) is 29.0 Å². The molecule has 0 radical (unpaired) electrons. The van der Waals surface area contributed by atoms with E-state index in [9.17, 15) is 17.9 Å². The van der Waals surface area contributed by atoms with Crippen molar-refractivity contribution in [1.29, 1.82) is 0 Å². The van der Waals surface area contributed by atoms with Gasteiger partial charge >= 0.3 is 0 Å². The Morgan fingerprint density at radius 2 is 2.05 bits per heavy atom. The van der Waals surface area contributed by atoms with Crippen LogP contribution in [-0.4, -0.2) is 26.2 Å². The van der Waals surface area contributed by atoms with Crippen LogP contribution < -0.4 is 4.72 Å². The highest BCUT2D eigenvalue weighted by Gasteiger charge is 2.25. The van der Waals surface area contributed by atoms with Crippen LogP contribution in [0.5, 0.6) is 0 Å². The molecule has 1 aromatic carbocycles. The second-order valence-corrected chi connectivity index (χ2v) is 7.18.